The van der Waals surface area contributed by atoms with Crippen molar-refractivity contribution in [1.29, 1.82) is 0 Å². The lowest BCUT2D eigenvalue weighted by molar-refractivity contribution is 0.569. The van der Waals surface area contributed by atoms with E-state index in [1.54, 1.807) is 25.2 Å². The van der Waals surface area contributed by atoms with Gasteiger partial charge in [-0.05, 0) is 36.9 Å². The zero-order valence-electron chi connectivity index (χ0n) is 11.2. The normalized spacial score (nSPS) is 11.4. The minimum Gasteiger partial charge on any atom is -0.316 e. The Balaban J connectivity index is 2.38. The molecule has 0 aliphatic heterocycles. The molecule has 2 aromatic carbocycles. The van der Waals surface area contributed by atoms with Gasteiger partial charge in [0.2, 0.25) is 0 Å². The Labute approximate surface area is 131 Å². The summed E-state index contributed by atoms with van der Waals surface area (Å²) in [6, 6.07) is 10.8. The third kappa shape index (κ3) is 3.81. The van der Waals surface area contributed by atoms with Crippen molar-refractivity contribution in [3.05, 3.63) is 58.3 Å². The number of benzene rings is 2. The van der Waals surface area contributed by atoms with Gasteiger partial charge in [0.15, 0.2) is 0 Å². The summed E-state index contributed by atoms with van der Waals surface area (Å²) in [4.78, 5) is -0.384. The molecule has 0 bridgehead atoms. The minimum atomic E-state index is -3.98. The van der Waals surface area contributed by atoms with E-state index in [1.807, 2.05) is 6.07 Å². The van der Waals surface area contributed by atoms with Crippen LogP contribution in [0.3, 0.4) is 0 Å². The largest absolute Gasteiger partial charge is 0.316 e. The summed E-state index contributed by atoms with van der Waals surface area (Å²) in [5.74, 6) is -0.803. The maximum absolute atomic E-state index is 13.8. The lowest BCUT2D eigenvalue weighted by Crippen LogP contribution is -2.17. The molecule has 0 saturated carbocycles. The molecule has 4 nitrogen and oxygen atoms in total. The van der Waals surface area contributed by atoms with Gasteiger partial charge in [0.05, 0.1) is 5.69 Å². The monoisotopic (exact) mass is 372 g/mol. The first-order valence-electron chi connectivity index (χ1n) is 6.14. The van der Waals surface area contributed by atoms with Crippen LogP contribution in [0.1, 0.15) is 5.56 Å². The van der Waals surface area contributed by atoms with Crippen molar-refractivity contribution in [3.8, 4) is 0 Å². The SMILES string of the molecule is CNCc1ccccc1NS(=O)(=O)c1ccc(Br)cc1F. The second-order valence-corrected chi connectivity index (χ2v) is 6.93. The first kappa shape index (κ1) is 15.9. The molecule has 0 unspecified atom stereocenters. The number of hydrogen-bond acceptors (Lipinski definition) is 3. The van der Waals surface area contributed by atoms with Crippen molar-refractivity contribution < 1.29 is 12.8 Å². The third-order valence-electron chi connectivity index (χ3n) is 2.81. The number of halogens is 2. The van der Waals surface area contributed by atoms with E-state index in [2.05, 4.69) is 26.0 Å². The second-order valence-electron chi connectivity index (χ2n) is 4.37. The van der Waals surface area contributed by atoms with Crippen molar-refractivity contribution >= 4 is 31.6 Å². The van der Waals surface area contributed by atoms with Crippen LogP contribution in [0, 0.1) is 5.82 Å². The molecule has 2 N–H and O–H groups in total. The fraction of sp³-hybridized carbons (Fsp3) is 0.143. The van der Waals surface area contributed by atoms with Gasteiger partial charge in [-0.1, -0.05) is 34.1 Å². The van der Waals surface area contributed by atoms with E-state index in [0.717, 1.165) is 11.6 Å². The number of para-hydroxylation sites is 1. The van der Waals surface area contributed by atoms with Gasteiger partial charge in [0.1, 0.15) is 10.7 Å². The van der Waals surface area contributed by atoms with E-state index < -0.39 is 15.8 Å². The molecule has 0 radical (unpaired) electrons. The highest BCUT2D eigenvalue weighted by Crippen LogP contribution is 2.23. The number of sulfonamides is 1. The maximum Gasteiger partial charge on any atom is 0.264 e. The predicted octanol–water partition coefficient (Wildman–Crippen LogP) is 3.11. The lowest BCUT2D eigenvalue weighted by atomic mass is 10.2. The zero-order valence-corrected chi connectivity index (χ0v) is 13.6. The number of hydrogen-bond donors (Lipinski definition) is 2. The Bertz CT molecular complexity index is 750. The summed E-state index contributed by atoms with van der Waals surface area (Å²) in [6.45, 7) is 0.502. The number of anilines is 1. The fourth-order valence-corrected chi connectivity index (χ4v) is 3.35. The minimum absolute atomic E-state index is 0.384. The summed E-state index contributed by atoms with van der Waals surface area (Å²) in [7, 11) is -2.21. The predicted molar refractivity (Wildman–Crippen MR) is 84.1 cm³/mol. The van der Waals surface area contributed by atoms with Crippen LogP contribution in [-0.2, 0) is 16.6 Å². The second kappa shape index (κ2) is 6.55. The molecule has 0 spiro atoms. The van der Waals surface area contributed by atoms with Crippen LogP contribution in [0.15, 0.2) is 51.8 Å². The first-order valence-corrected chi connectivity index (χ1v) is 8.42. The molecule has 0 aromatic heterocycles. The Hall–Kier alpha value is -1.44. The van der Waals surface area contributed by atoms with E-state index in [1.165, 1.54) is 12.1 Å². The molecule has 7 heteroatoms. The van der Waals surface area contributed by atoms with E-state index >= 15 is 0 Å². The van der Waals surface area contributed by atoms with Gasteiger partial charge in [0, 0.05) is 11.0 Å². The van der Waals surface area contributed by atoms with Crippen molar-refractivity contribution in [1.82, 2.24) is 5.32 Å². The first-order chi connectivity index (χ1) is 9.94. The molecule has 0 fully saturated rings. The molecule has 0 saturated heterocycles. The molecule has 21 heavy (non-hydrogen) atoms. The molecule has 0 aliphatic carbocycles. The van der Waals surface area contributed by atoms with E-state index in [9.17, 15) is 12.8 Å². The van der Waals surface area contributed by atoms with E-state index in [0.29, 0.717) is 16.7 Å². The third-order valence-corrected chi connectivity index (χ3v) is 4.70. The van der Waals surface area contributed by atoms with Crippen LogP contribution in [-0.4, -0.2) is 15.5 Å². The molecule has 0 aliphatic rings. The van der Waals surface area contributed by atoms with Crippen LogP contribution < -0.4 is 10.0 Å². The maximum atomic E-state index is 13.8. The quantitative estimate of drug-likeness (QED) is 0.847. The summed E-state index contributed by atoms with van der Waals surface area (Å²) in [5.41, 5.74) is 1.20. The zero-order chi connectivity index (χ0) is 15.5. The van der Waals surface area contributed by atoms with E-state index in [4.69, 9.17) is 0 Å². The van der Waals surface area contributed by atoms with Crippen molar-refractivity contribution in [2.45, 2.75) is 11.4 Å². The molecule has 2 rings (SSSR count). The van der Waals surface area contributed by atoms with Crippen LogP contribution in [0.25, 0.3) is 0 Å². The fourth-order valence-electron chi connectivity index (χ4n) is 1.86. The molecule has 112 valence electrons. The van der Waals surface area contributed by atoms with Gasteiger partial charge in [-0.3, -0.25) is 4.72 Å². The Morgan fingerprint density at radius 3 is 2.57 bits per heavy atom. The van der Waals surface area contributed by atoms with Crippen molar-refractivity contribution in [2.24, 2.45) is 0 Å². The number of nitrogens with one attached hydrogen (secondary N) is 2. The summed E-state index contributed by atoms with van der Waals surface area (Å²) >= 11 is 3.10. The van der Waals surface area contributed by atoms with Gasteiger partial charge < -0.3 is 5.32 Å². The van der Waals surface area contributed by atoms with Crippen molar-refractivity contribution in [3.63, 3.8) is 0 Å². The Kier molecular flexibility index (Phi) is 4.97. The average molecular weight is 373 g/mol. The van der Waals surface area contributed by atoms with Gasteiger partial charge in [-0.15, -0.1) is 0 Å². The molecule has 2 aromatic rings. The lowest BCUT2D eigenvalue weighted by Gasteiger charge is -2.13. The van der Waals surface area contributed by atoms with Crippen molar-refractivity contribution in [2.75, 3.05) is 11.8 Å². The summed E-state index contributed by atoms with van der Waals surface area (Å²) in [5, 5.41) is 2.95. The van der Waals surface area contributed by atoms with Gasteiger partial charge >= 0.3 is 0 Å². The van der Waals surface area contributed by atoms with Gasteiger partial charge in [0.25, 0.3) is 10.0 Å². The Morgan fingerprint density at radius 2 is 1.90 bits per heavy atom. The highest BCUT2D eigenvalue weighted by atomic mass is 79.9. The van der Waals surface area contributed by atoms with Crippen LogP contribution >= 0.6 is 15.9 Å². The van der Waals surface area contributed by atoms with Crippen LogP contribution in [0.2, 0.25) is 0 Å². The molecular formula is C14H14BrFN2O2S. The summed E-state index contributed by atoms with van der Waals surface area (Å²) in [6.07, 6.45) is 0. The molecule has 0 heterocycles. The topological polar surface area (TPSA) is 58.2 Å². The average Bonchev–Trinajstić information content (AvgIpc) is 2.40. The highest BCUT2D eigenvalue weighted by molar-refractivity contribution is 9.10. The molecule has 0 amide bonds. The number of rotatable bonds is 5. The highest BCUT2D eigenvalue weighted by Gasteiger charge is 2.20. The van der Waals surface area contributed by atoms with Crippen LogP contribution in [0.5, 0.6) is 0 Å². The standard InChI is InChI=1S/C14H14BrFN2O2S/c1-17-9-10-4-2-3-5-13(10)18-21(19,20)14-7-6-11(15)8-12(14)16/h2-8,17-18H,9H2,1H3. The Morgan fingerprint density at radius 1 is 1.19 bits per heavy atom. The molecular weight excluding hydrogens is 359 g/mol. The smallest absolute Gasteiger partial charge is 0.264 e. The van der Waals surface area contributed by atoms with Gasteiger partial charge in [-0.25, -0.2) is 12.8 Å². The van der Waals surface area contributed by atoms with Gasteiger partial charge in [-0.2, -0.15) is 0 Å². The molecule has 0 atom stereocenters. The summed E-state index contributed by atoms with van der Waals surface area (Å²) < 4.78 is 41.3. The van der Waals surface area contributed by atoms with Crippen LogP contribution in [0.4, 0.5) is 10.1 Å². The van der Waals surface area contributed by atoms with E-state index in [-0.39, 0.29) is 4.90 Å².